The number of nitrogens with one attached hydrogen (secondary N) is 3. The lowest BCUT2D eigenvalue weighted by Crippen LogP contribution is -2.54. The zero-order valence-corrected chi connectivity index (χ0v) is 17.4. The topological polar surface area (TPSA) is 200 Å². The molecule has 1 aromatic rings. The fourth-order valence-corrected chi connectivity index (χ4v) is 2.95. The summed E-state index contributed by atoms with van der Waals surface area (Å²) in [5, 5.41) is 25.0. The van der Waals surface area contributed by atoms with Gasteiger partial charge in [-0.15, -0.1) is 0 Å². The highest BCUT2D eigenvalue weighted by molar-refractivity contribution is 5.98. The van der Waals surface area contributed by atoms with Crippen LogP contribution in [0.15, 0.2) is 24.3 Å². The van der Waals surface area contributed by atoms with E-state index >= 15 is 0 Å². The van der Waals surface area contributed by atoms with Crippen LogP contribution in [-0.2, 0) is 35.1 Å². The van der Waals surface area contributed by atoms with Gasteiger partial charge in [-0.3, -0.25) is 24.0 Å². The summed E-state index contributed by atoms with van der Waals surface area (Å²) >= 11 is 0. The third-order valence-electron chi connectivity index (χ3n) is 4.67. The third kappa shape index (κ3) is 7.23. The minimum Gasteiger partial charge on any atom is -0.508 e. The number of carboxylic acid groups (broad SMARTS) is 1. The largest absolute Gasteiger partial charge is 0.508 e. The number of phenolic OH excluding ortho intramolecular Hbond substituents is 1. The fourth-order valence-electron chi connectivity index (χ4n) is 2.95. The van der Waals surface area contributed by atoms with Gasteiger partial charge in [-0.25, -0.2) is 0 Å². The number of carbonyl (C=O) groups is 5. The molecule has 0 unspecified atom stereocenters. The minimum absolute atomic E-state index is 0.0522. The van der Waals surface area contributed by atoms with E-state index in [4.69, 9.17) is 15.6 Å². The Hall–Kier alpha value is -3.67. The summed E-state index contributed by atoms with van der Waals surface area (Å²) < 4.78 is 5.00. The number of phenols is 1. The van der Waals surface area contributed by atoms with Gasteiger partial charge >= 0.3 is 5.97 Å². The van der Waals surface area contributed by atoms with E-state index in [1.54, 1.807) is 19.1 Å². The molecular weight excluding hydrogens is 424 g/mol. The van der Waals surface area contributed by atoms with Crippen molar-refractivity contribution in [3.05, 3.63) is 29.8 Å². The van der Waals surface area contributed by atoms with Crippen LogP contribution in [0.5, 0.6) is 5.75 Å². The number of carbonyl (C=O) groups excluding carboxylic acids is 4. The second-order valence-electron chi connectivity index (χ2n) is 7.27. The highest BCUT2D eigenvalue weighted by Crippen LogP contribution is 2.22. The number of primary amides is 1. The Bertz CT molecular complexity index is 873. The monoisotopic (exact) mass is 450 g/mol. The van der Waals surface area contributed by atoms with Crippen molar-refractivity contribution < 1.29 is 38.9 Å². The van der Waals surface area contributed by atoms with E-state index in [0.717, 1.165) is 0 Å². The van der Waals surface area contributed by atoms with Crippen LogP contribution in [0.2, 0.25) is 0 Å². The van der Waals surface area contributed by atoms with E-state index in [1.165, 1.54) is 12.1 Å². The van der Waals surface area contributed by atoms with Crippen molar-refractivity contribution in [3.8, 4) is 5.75 Å². The van der Waals surface area contributed by atoms with Gasteiger partial charge in [0.15, 0.2) is 12.2 Å². The fraction of sp³-hybridized carbons (Fsp3) is 0.450. The number of amides is 4. The SMILES string of the molecule is CCC[C@H](NC(=O)[C@@H]1O[C@H]1C(=O)NCC(=O)O)C(=O)N[C@@H](Cc1ccc(O)cc1)C(N)=O. The van der Waals surface area contributed by atoms with E-state index in [-0.39, 0.29) is 18.6 Å². The molecule has 1 aliphatic rings. The van der Waals surface area contributed by atoms with Crippen LogP contribution in [0.25, 0.3) is 0 Å². The molecule has 1 heterocycles. The lowest BCUT2D eigenvalue weighted by molar-refractivity contribution is -0.138. The van der Waals surface area contributed by atoms with Gasteiger partial charge in [0.25, 0.3) is 11.8 Å². The van der Waals surface area contributed by atoms with E-state index < -0.39 is 60.4 Å². The zero-order chi connectivity index (χ0) is 23.8. The van der Waals surface area contributed by atoms with Gasteiger partial charge in [-0.1, -0.05) is 25.5 Å². The highest BCUT2D eigenvalue weighted by Gasteiger charge is 2.51. The maximum atomic E-state index is 12.7. The Kier molecular flexibility index (Phi) is 8.53. The second kappa shape index (κ2) is 11.1. The molecule has 4 atom stereocenters. The summed E-state index contributed by atoms with van der Waals surface area (Å²) in [6, 6.07) is 4.00. The summed E-state index contributed by atoms with van der Waals surface area (Å²) in [6.45, 7) is 1.19. The Labute approximate surface area is 183 Å². The molecular formula is C20H26N4O8. The number of hydrogen-bond donors (Lipinski definition) is 6. The molecule has 7 N–H and O–H groups in total. The Morgan fingerprint density at radius 1 is 1.03 bits per heavy atom. The van der Waals surface area contributed by atoms with E-state index in [9.17, 15) is 29.1 Å². The summed E-state index contributed by atoms with van der Waals surface area (Å²) in [7, 11) is 0. The molecule has 0 bridgehead atoms. The highest BCUT2D eigenvalue weighted by atomic mass is 16.6. The summed E-state index contributed by atoms with van der Waals surface area (Å²) in [5.41, 5.74) is 6.06. The Morgan fingerprint density at radius 2 is 1.66 bits per heavy atom. The lowest BCUT2D eigenvalue weighted by atomic mass is 10.0. The van der Waals surface area contributed by atoms with E-state index in [1.807, 2.05) is 0 Å². The quantitative estimate of drug-likeness (QED) is 0.199. The third-order valence-corrected chi connectivity index (χ3v) is 4.67. The number of aliphatic carboxylic acids is 1. The molecule has 1 fully saturated rings. The van der Waals surface area contributed by atoms with Gasteiger partial charge in [0.2, 0.25) is 11.8 Å². The average molecular weight is 450 g/mol. The summed E-state index contributed by atoms with van der Waals surface area (Å²) in [5.74, 6) is -4.04. The maximum absolute atomic E-state index is 12.7. The van der Waals surface area contributed by atoms with Crippen LogP contribution < -0.4 is 21.7 Å². The smallest absolute Gasteiger partial charge is 0.322 e. The van der Waals surface area contributed by atoms with Gasteiger partial charge < -0.3 is 36.6 Å². The van der Waals surface area contributed by atoms with Crippen molar-refractivity contribution >= 4 is 29.6 Å². The number of ether oxygens (including phenoxy) is 1. The predicted molar refractivity (Wildman–Crippen MR) is 109 cm³/mol. The van der Waals surface area contributed by atoms with E-state index in [0.29, 0.717) is 12.0 Å². The van der Waals surface area contributed by atoms with Crippen LogP contribution in [0.1, 0.15) is 25.3 Å². The number of epoxide rings is 1. The first-order valence-corrected chi connectivity index (χ1v) is 9.95. The first-order valence-electron chi connectivity index (χ1n) is 9.95. The van der Waals surface area contributed by atoms with Crippen LogP contribution in [0.4, 0.5) is 0 Å². The summed E-state index contributed by atoms with van der Waals surface area (Å²) in [4.78, 5) is 59.1. The number of nitrogens with two attached hydrogens (primary N) is 1. The number of carboxylic acids is 1. The molecule has 0 spiro atoms. The normalized spacial score (nSPS) is 18.7. The number of hydrogen-bond acceptors (Lipinski definition) is 7. The minimum atomic E-state index is -1.24. The molecule has 12 nitrogen and oxygen atoms in total. The molecule has 1 aromatic carbocycles. The molecule has 32 heavy (non-hydrogen) atoms. The predicted octanol–water partition coefficient (Wildman–Crippen LogP) is -1.84. The molecule has 0 aromatic heterocycles. The molecule has 0 saturated carbocycles. The standard InChI is InChI=1S/C20H26N4O8/c1-2-3-12(23-20(31)16-15(32-16)19(30)22-9-14(26)27)18(29)24-13(17(21)28)8-10-4-6-11(25)7-5-10/h4-7,12-13,15-16,25H,2-3,8-9H2,1H3,(H2,21,28)(H,22,30)(H,23,31)(H,24,29)(H,26,27)/t12-,13-,15+,16+/m0/s1. The second-order valence-corrected chi connectivity index (χ2v) is 7.27. The van der Waals surface area contributed by atoms with Crippen LogP contribution in [0.3, 0.4) is 0 Å². The van der Waals surface area contributed by atoms with E-state index in [2.05, 4.69) is 16.0 Å². The molecule has 4 amide bonds. The molecule has 12 heteroatoms. The number of benzene rings is 1. The first-order chi connectivity index (χ1) is 15.1. The first kappa shape index (κ1) is 24.6. The number of rotatable bonds is 12. The van der Waals surface area contributed by atoms with Gasteiger partial charge in [0.05, 0.1) is 0 Å². The molecule has 174 valence electrons. The van der Waals surface area contributed by atoms with Gasteiger partial charge in [0, 0.05) is 6.42 Å². The van der Waals surface area contributed by atoms with Crippen LogP contribution >= 0.6 is 0 Å². The van der Waals surface area contributed by atoms with Crippen molar-refractivity contribution in [1.29, 1.82) is 0 Å². The van der Waals surface area contributed by atoms with Crippen molar-refractivity contribution in [1.82, 2.24) is 16.0 Å². The Balaban J connectivity index is 1.95. The van der Waals surface area contributed by atoms with Gasteiger partial charge in [-0.2, -0.15) is 0 Å². The lowest BCUT2D eigenvalue weighted by Gasteiger charge is -2.21. The van der Waals surface area contributed by atoms with Crippen molar-refractivity contribution in [2.75, 3.05) is 6.54 Å². The molecule has 0 radical (unpaired) electrons. The summed E-state index contributed by atoms with van der Waals surface area (Å²) in [6.07, 6.45) is -1.39. The average Bonchev–Trinajstić information content (AvgIpc) is 3.53. The van der Waals surface area contributed by atoms with Crippen LogP contribution in [-0.4, -0.2) is 70.6 Å². The Morgan fingerprint density at radius 3 is 2.22 bits per heavy atom. The molecule has 1 aliphatic heterocycles. The van der Waals surface area contributed by atoms with Gasteiger partial charge in [-0.05, 0) is 24.1 Å². The zero-order valence-electron chi connectivity index (χ0n) is 17.4. The van der Waals surface area contributed by atoms with Crippen LogP contribution in [0, 0.1) is 0 Å². The molecule has 1 saturated heterocycles. The van der Waals surface area contributed by atoms with Crippen molar-refractivity contribution in [2.45, 2.75) is 50.5 Å². The van der Waals surface area contributed by atoms with Gasteiger partial charge in [0.1, 0.15) is 24.4 Å². The molecule has 0 aliphatic carbocycles. The van der Waals surface area contributed by atoms with Crippen molar-refractivity contribution in [3.63, 3.8) is 0 Å². The molecule has 2 rings (SSSR count). The number of aromatic hydroxyl groups is 1. The van der Waals surface area contributed by atoms with Crippen molar-refractivity contribution in [2.24, 2.45) is 5.73 Å². The maximum Gasteiger partial charge on any atom is 0.322 e.